The van der Waals surface area contributed by atoms with Gasteiger partial charge in [0.15, 0.2) is 0 Å². The SMILES string of the molecule is Cc1ccc(O[C@@H]2CCN(S(=O)(=O)c3ccc(C)s3)C2)nn1. The third kappa shape index (κ3) is 3.13. The summed E-state index contributed by atoms with van der Waals surface area (Å²) in [5, 5.41) is 7.89. The molecule has 1 aliphatic rings. The number of thiophene rings is 1. The van der Waals surface area contributed by atoms with Gasteiger partial charge in [0.25, 0.3) is 10.0 Å². The number of aryl methyl sites for hydroxylation is 2. The van der Waals surface area contributed by atoms with E-state index in [1.807, 2.05) is 26.0 Å². The van der Waals surface area contributed by atoms with Crippen LogP contribution in [0.1, 0.15) is 17.0 Å². The Balaban J connectivity index is 1.68. The molecule has 22 heavy (non-hydrogen) atoms. The second kappa shape index (κ2) is 5.94. The highest BCUT2D eigenvalue weighted by atomic mass is 32.2. The Morgan fingerprint density at radius 3 is 2.68 bits per heavy atom. The van der Waals surface area contributed by atoms with Crippen LogP contribution >= 0.6 is 11.3 Å². The van der Waals surface area contributed by atoms with Crippen LogP contribution < -0.4 is 4.74 Å². The average Bonchev–Trinajstić information content (AvgIpc) is 3.11. The standard InChI is InChI=1S/C14H17N3O3S2/c1-10-3-5-13(16-15-10)20-12-7-8-17(9-12)22(18,19)14-6-4-11(2)21-14/h3-6,12H,7-9H2,1-2H3/t12-/m1/s1. The van der Waals surface area contributed by atoms with Crippen molar-refractivity contribution in [1.82, 2.24) is 14.5 Å². The highest BCUT2D eigenvalue weighted by molar-refractivity contribution is 7.91. The lowest BCUT2D eigenvalue weighted by Crippen LogP contribution is -2.30. The normalized spacial score (nSPS) is 19.5. The van der Waals surface area contributed by atoms with E-state index in [0.29, 0.717) is 29.6 Å². The van der Waals surface area contributed by atoms with Crippen molar-refractivity contribution < 1.29 is 13.2 Å². The Kier molecular flexibility index (Phi) is 4.16. The first kappa shape index (κ1) is 15.4. The zero-order valence-corrected chi connectivity index (χ0v) is 14.0. The van der Waals surface area contributed by atoms with E-state index in [0.717, 1.165) is 10.6 Å². The van der Waals surface area contributed by atoms with E-state index in [4.69, 9.17) is 4.74 Å². The third-order valence-electron chi connectivity index (χ3n) is 3.48. The lowest BCUT2D eigenvalue weighted by atomic mass is 10.3. The summed E-state index contributed by atoms with van der Waals surface area (Å²) in [5.41, 5.74) is 0.816. The molecule has 0 radical (unpaired) electrons. The first-order valence-electron chi connectivity index (χ1n) is 6.99. The van der Waals surface area contributed by atoms with Gasteiger partial charge in [0.2, 0.25) is 5.88 Å². The Morgan fingerprint density at radius 1 is 1.23 bits per heavy atom. The lowest BCUT2D eigenvalue weighted by Gasteiger charge is -2.15. The van der Waals surface area contributed by atoms with Crippen molar-refractivity contribution >= 4 is 21.4 Å². The number of rotatable bonds is 4. The van der Waals surface area contributed by atoms with Crippen LogP contribution in [0.5, 0.6) is 5.88 Å². The fourth-order valence-corrected chi connectivity index (χ4v) is 5.23. The third-order valence-corrected chi connectivity index (χ3v) is 6.81. The highest BCUT2D eigenvalue weighted by Crippen LogP contribution is 2.27. The molecule has 0 amide bonds. The summed E-state index contributed by atoms with van der Waals surface area (Å²) in [4.78, 5) is 0.987. The number of hydrogen-bond donors (Lipinski definition) is 0. The molecule has 0 aromatic carbocycles. The Morgan fingerprint density at radius 2 is 2.05 bits per heavy atom. The highest BCUT2D eigenvalue weighted by Gasteiger charge is 2.34. The Bertz CT molecular complexity index is 756. The molecule has 3 rings (SSSR count). The summed E-state index contributed by atoms with van der Waals surface area (Å²) in [6.45, 7) is 4.55. The maximum atomic E-state index is 12.5. The van der Waals surface area contributed by atoms with Crippen molar-refractivity contribution in [1.29, 1.82) is 0 Å². The second-order valence-corrected chi connectivity index (χ2v) is 8.72. The number of aromatic nitrogens is 2. The van der Waals surface area contributed by atoms with Crippen LogP contribution in [0.4, 0.5) is 0 Å². The van der Waals surface area contributed by atoms with Gasteiger partial charge in [-0.25, -0.2) is 8.42 Å². The molecule has 2 aromatic rings. The zero-order chi connectivity index (χ0) is 15.7. The minimum atomic E-state index is -3.41. The minimum Gasteiger partial charge on any atom is -0.472 e. The molecule has 0 N–H and O–H groups in total. The van der Waals surface area contributed by atoms with Crippen LogP contribution in [0.3, 0.4) is 0 Å². The van der Waals surface area contributed by atoms with Crippen LogP contribution in [0.25, 0.3) is 0 Å². The van der Waals surface area contributed by atoms with Crippen molar-refractivity contribution in [3.05, 3.63) is 34.8 Å². The summed E-state index contributed by atoms with van der Waals surface area (Å²) < 4.78 is 32.7. The maximum absolute atomic E-state index is 12.5. The molecule has 0 aliphatic carbocycles. The molecule has 0 spiro atoms. The largest absolute Gasteiger partial charge is 0.472 e. The monoisotopic (exact) mass is 339 g/mol. The molecule has 0 saturated carbocycles. The second-order valence-electron chi connectivity index (χ2n) is 5.27. The molecule has 2 aromatic heterocycles. The number of nitrogens with zero attached hydrogens (tertiary/aromatic N) is 3. The van der Waals surface area contributed by atoms with E-state index in [9.17, 15) is 8.42 Å². The summed E-state index contributed by atoms with van der Waals surface area (Å²) in [5.74, 6) is 0.432. The van der Waals surface area contributed by atoms with Crippen LogP contribution in [0.15, 0.2) is 28.5 Å². The molecule has 6 nitrogen and oxygen atoms in total. The fraction of sp³-hybridized carbons (Fsp3) is 0.429. The topological polar surface area (TPSA) is 72.4 Å². The van der Waals surface area contributed by atoms with Crippen LogP contribution in [-0.4, -0.2) is 42.1 Å². The molecule has 1 fully saturated rings. The number of hydrogen-bond acceptors (Lipinski definition) is 6. The lowest BCUT2D eigenvalue weighted by molar-refractivity contribution is 0.204. The predicted molar refractivity (Wildman–Crippen MR) is 83.6 cm³/mol. The molecule has 1 atom stereocenters. The molecule has 0 unspecified atom stereocenters. The molecule has 118 valence electrons. The van der Waals surface area contributed by atoms with Gasteiger partial charge in [-0.1, -0.05) is 0 Å². The van der Waals surface area contributed by atoms with Gasteiger partial charge >= 0.3 is 0 Å². The van der Waals surface area contributed by atoms with Gasteiger partial charge in [0, 0.05) is 17.5 Å². The molecule has 0 bridgehead atoms. The van der Waals surface area contributed by atoms with Gasteiger partial charge in [-0.2, -0.15) is 9.40 Å². The van der Waals surface area contributed by atoms with Crippen molar-refractivity contribution in [3.63, 3.8) is 0 Å². The van der Waals surface area contributed by atoms with E-state index >= 15 is 0 Å². The van der Waals surface area contributed by atoms with Crippen LogP contribution in [0, 0.1) is 13.8 Å². The molecule has 1 saturated heterocycles. The van der Waals surface area contributed by atoms with Crippen molar-refractivity contribution in [3.8, 4) is 5.88 Å². The summed E-state index contributed by atoms with van der Waals surface area (Å²) >= 11 is 1.30. The minimum absolute atomic E-state index is 0.187. The van der Waals surface area contributed by atoms with Gasteiger partial charge in [-0.15, -0.1) is 16.4 Å². The van der Waals surface area contributed by atoms with Crippen LogP contribution in [0.2, 0.25) is 0 Å². The molecule has 3 heterocycles. The van der Waals surface area contributed by atoms with E-state index in [1.165, 1.54) is 15.6 Å². The van der Waals surface area contributed by atoms with E-state index in [-0.39, 0.29) is 6.10 Å². The van der Waals surface area contributed by atoms with E-state index in [1.54, 1.807) is 12.1 Å². The van der Waals surface area contributed by atoms with E-state index in [2.05, 4.69) is 10.2 Å². The first-order chi connectivity index (χ1) is 10.4. The zero-order valence-electron chi connectivity index (χ0n) is 12.4. The Hall–Kier alpha value is -1.51. The van der Waals surface area contributed by atoms with Crippen molar-refractivity contribution in [2.45, 2.75) is 30.6 Å². The van der Waals surface area contributed by atoms with Crippen LogP contribution in [-0.2, 0) is 10.0 Å². The molecule has 1 aliphatic heterocycles. The maximum Gasteiger partial charge on any atom is 0.252 e. The predicted octanol–water partition coefficient (Wildman–Crippen LogP) is 2.00. The fourth-order valence-electron chi connectivity index (χ4n) is 2.31. The molecular weight excluding hydrogens is 322 g/mol. The van der Waals surface area contributed by atoms with Gasteiger partial charge in [0.1, 0.15) is 10.3 Å². The average molecular weight is 339 g/mol. The van der Waals surface area contributed by atoms with Gasteiger partial charge < -0.3 is 4.74 Å². The van der Waals surface area contributed by atoms with Gasteiger partial charge in [-0.3, -0.25) is 0 Å². The molecule has 8 heteroatoms. The quantitative estimate of drug-likeness (QED) is 0.852. The number of ether oxygens (including phenoxy) is 1. The van der Waals surface area contributed by atoms with Crippen molar-refractivity contribution in [2.75, 3.05) is 13.1 Å². The van der Waals surface area contributed by atoms with Crippen molar-refractivity contribution in [2.24, 2.45) is 0 Å². The smallest absolute Gasteiger partial charge is 0.252 e. The summed E-state index contributed by atoms with van der Waals surface area (Å²) in [7, 11) is -3.41. The first-order valence-corrected chi connectivity index (χ1v) is 9.24. The summed E-state index contributed by atoms with van der Waals surface area (Å²) in [6.07, 6.45) is 0.465. The van der Waals surface area contributed by atoms with Gasteiger partial charge in [-0.05, 0) is 38.5 Å². The Labute approximate surface area is 133 Å². The molecular formula is C14H17N3O3S2. The summed E-state index contributed by atoms with van der Waals surface area (Å²) in [6, 6.07) is 7.06. The van der Waals surface area contributed by atoms with E-state index < -0.39 is 10.0 Å². The number of sulfonamides is 1. The van der Waals surface area contributed by atoms with Gasteiger partial charge in [0.05, 0.1) is 12.2 Å².